The van der Waals surface area contributed by atoms with Gasteiger partial charge in [0.2, 0.25) is 0 Å². The zero-order valence-corrected chi connectivity index (χ0v) is 16.1. The van der Waals surface area contributed by atoms with E-state index in [1.54, 1.807) is 0 Å². The Morgan fingerprint density at radius 3 is 2.17 bits per heavy atom. The number of fused-ring (bicyclic) bond motifs is 2. The first-order valence-electron chi connectivity index (χ1n) is 9.14. The van der Waals surface area contributed by atoms with E-state index in [0.29, 0.717) is 30.8 Å². The van der Waals surface area contributed by atoms with Crippen molar-refractivity contribution in [2.45, 2.75) is 49.7 Å². The Balaban J connectivity index is 1.86. The zero-order valence-electron chi connectivity index (χ0n) is 15.3. The van der Waals surface area contributed by atoms with Crippen molar-refractivity contribution in [1.82, 2.24) is 4.98 Å². The average molecular weight is 425 g/mol. The van der Waals surface area contributed by atoms with Crippen molar-refractivity contribution in [1.29, 1.82) is 0 Å². The van der Waals surface area contributed by atoms with E-state index < -0.39 is 38.3 Å². The molecule has 1 aromatic heterocycles. The number of carbonyl (C=O) groups is 1. The fraction of sp³-hybridized carbons (Fsp3) is 0.368. The summed E-state index contributed by atoms with van der Waals surface area (Å²) in [4.78, 5) is 16.4. The van der Waals surface area contributed by atoms with Crippen molar-refractivity contribution in [3.8, 4) is 0 Å². The highest BCUT2D eigenvalue weighted by Crippen LogP contribution is 2.40. The number of halogens is 3. The molecular formula is C19H18F3N3O3S. The summed E-state index contributed by atoms with van der Waals surface area (Å²) in [5, 5.41) is 6.54. The Hall–Kier alpha value is -2.46. The summed E-state index contributed by atoms with van der Waals surface area (Å²) >= 11 is 0. The van der Waals surface area contributed by atoms with Gasteiger partial charge in [0.1, 0.15) is 0 Å². The van der Waals surface area contributed by atoms with Gasteiger partial charge in [0.25, 0.3) is 15.9 Å². The molecule has 0 spiro atoms. The number of sulfonamides is 1. The van der Waals surface area contributed by atoms with Gasteiger partial charge in [-0.25, -0.2) is 18.5 Å². The maximum Gasteiger partial charge on any atom is 0.417 e. The van der Waals surface area contributed by atoms with E-state index >= 15 is 0 Å². The van der Waals surface area contributed by atoms with Crippen LogP contribution in [0.15, 0.2) is 23.4 Å². The Morgan fingerprint density at radius 1 is 1.07 bits per heavy atom. The number of primary sulfonamides is 1. The third-order valence-electron chi connectivity index (χ3n) is 5.43. The first kappa shape index (κ1) is 19.8. The van der Waals surface area contributed by atoms with Crippen LogP contribution in [-0.2, 0) is 41.9 Å². The molecule has 0 unspecified atom stereocenters. The topological polar surface area (TPSA) is 102 Å². The molecule has 0 saturated carbocycles. The fourth-order valence-electron chi connectivity index (χ4n) is 4.26. The van der Waals surface area contributed by atoms with Gasteiger partial charge in [-0.3, -0.25) is 4.79 Å². The zero-order chi connectivity index (χ0) is 21.0. The quantitative estimate of drug-likeness (QED) is 0.789. The van der Waals surface area contributed by atoms with Crippen LogP contribution in [-0.4, -0.2) is 19.3 Å². The highest BCUT2D eigenvalue weighted by Gasteiger charge is 2.39. The van der Waals surface area contributed by atoms with Gasteiger partial charge in [-0.05, 0) is 66.8 Å². The molecule has 0 saturated heterocycles. The minimum atomic E-state index is -4.95. The summed E-state index contributed by atoms with van der Waals surface area (Å²) in [5.74, 6) is -1.18. The molecule has 0 fully saturated rings. The first-order valence-corrected chi connectivity index (χ1v) is 10.7. The molecule has 0 bridgehead atoms. The third-order valence-corrected chi connectivity index (χ3v) is 6.28. The van der Waals surface area contributed by atoms with Gasteiger partial charge in [-0.1, -0.05) is 6.07 Å². The van der Waals surface area contributed by atoms with E-state index in [9.17, 15) is 26.4 Å². The number of rotatable bonds is 3. The van der Waals surface area contributed by atoms with E-state index in [1.807, 2.05) is 0 Å². The maximum atomic E-state index is 13.5. The van der Waals surface area contributed by atoms with Gasteiger partial charge in [0, 0.05) is 11.9 Å². The molecular weight excluding hydrogens is 407 g/mol. The summed E-state index contributed by atoms with van der Waals surface area (Å²) in [6, 6.07) is 2.69. The number of pyridine rings is 1. The van der Waals surface area contributed by atoms with Gasteiger partial charge in [-0.15, -0.1) is 0 Å². The van der Waals surface area contributed by atoms with E-state index in [2.05, 4.69) is 16.4 Å². The van der Waals surface area contributed by atoms with E-state index in [4.69, 9.17) is 5.14 Å². The molecule has 154 valence electrons. The number of carbonyl (C=O) groups excluding carboxylic acids is 1. The van der Waals surface area contributed by atoms with Crippen LogP contribution in [0.2, 0.25) is 0 Å². The number of nitrogens with zero attached hydrogens (tertiary/aromatic N) is 1. The van der Waals surface area contributed by atoms with Gasteiger partial charge < -0.3 is 5.32 Å². The monoisotopic (exact) mass is 425 g/mol. The Labute approximate surface area is 165 Å². The standard InChI is InChI=1S/C19H18F3N3O3S/c20-19(21,22)14-7-8-24-18(29(23,27)28)15(14)17(26)25-16-12-5-1-3-10(12)9-11-4-2-6-13(11)16/h7-9H,1-6H2,(H,25,26)(H2,23,27,28). The van der Waals surface area contributed by atoms with Crippen molar-refractivity contribution >= 4 is 21.6 Å². The number of hydrogen-bond acceptors (Lipinski definition) is 4. The molecule has 2 aliphatic carbocycles. The molecule has 2 aromatic rings. The van der Waals surface area contributed by atoms with Crippen molar-refractivity contribution in [2.75, 3.05) is 5.32 Å². The smallest absolute Gasteiger partial charge is 0.321 e. The number of alkyl halides is 3. The van der Waals surface area contributed by atoms with Crippen LogP contribution >= 0.6 is 0 Å². The lowest BCUT2D eigenvalue weighted by atomic mass is 9.98. The number of nitrogens with two attached hydrogens (primary N) is 1. The summed E-state index contributed by atoms with van der Waals surface area (Å²) in [6.45, 7) is 0. The lowest BCUT2D eigenvalue weighted by molar-refractivity contribution is -0.138. The Morgan fingerprint density at radius 2 is 1.66 bits per heavy atom. The van der Waals surface area contributed by atoms with Gasteiger partial charge >= 0.3 is 6.18 Å². The number of nitrogens with one attached hydrogen (secondary N) is 1. The highest BCUT2D eigenvalue weighted by atomic mass is 32.2. The normalized spacial score (nSPS) is 15.9. The molecule has 1 heterocycles. The lowest BCUT2D eigenvalue weighted by Crippen LogP contribution is -2.26. The summed E-state index contributed by atoms with van der Waals surface area (Å²) in [6.07, 6.45) is 0.615. The fourth-order valence-corrected chi connectivity index (χ4v) is 4.95. The van der Waals surface area contributed by atoms with Crippen molar-refractivity contribution in [3.05, 3.63) is 51.7 Å². The SMILES string of the molecule is NS(=O)(=O)c1nccc(C(F)(F)F)c1C(=O)Nc1c2c(cc3c1CCC3)CCC2. The molecule has 1 aromatic carbocycles. The number of hydrogen-bond donors (Lipinski definition) is 2. The van der Waals surface area contributed by atoms with Crippen LogP contribution in [0.4, 0.5) is 18.9 Å². The van der Waals surface area contributed by atoms with Gasteiger partial charge in [0.05, 0.1) is 11.1 Å². The van der Waals surface area contributed by atoms with Crippen LogP contribution < -0.4 is 10.5 Å². The van der Waals surface area contributed by atoms with E-state index in [1.165, 1.54) is 0 Å². The molecule has 2 aliphatic rings. The minimum absolute atomic E-state index is 0.509. The lowest BCUT2D eigenvalue weighted by Gasteiger charge is -2.19. The van der Waals surface area contributed by atoms with Crippen LogP contribution in [0, 0.1) is 0 Å². The summed E-state index contributed by atoms with van der Waals surface area (Å²) in [5.41, 5.74) is 2.02. The molecule has 29 heavy (non-hydrogen) atoms. The largest absolute Gasteiger partial charge is 0.417 e. The molecule has 0 atom stereocenters. The van der Waals surface area contributed by atoms with Crippen LogP contribution in [0.25, 0.3) is 0 Å². The maximum absolute atomic E-state index is 13.5. The number of aromatic nitrogens is 1. The highest BCUT2D eigenvalue weighted by molar-refractivity contribution is 7.89. The number of anilines is 1. The molecule has 6 nitrogen and oxygen atoms in total. The molecule has 1 amide bonds. The number of benzene rings is 1. The molecule has 0 aliphatic heterocycles. The van der Waals surface area contributed by atoms with E-state index in [-0.39, 0.29) is 0 Å². The number of amides is 1. The summed E-state index contributed by atoms with van der Waals surface area (Å²) < 4.78 is 64.2. The van der Waals surface area contributed by atoms with Crippen molar-refractivity contribution < 1.29 is 26.4 Å². The Kier molecular flexibility index (Phi) is 4.66. The predicted octanol–water partition coefficient (Wildman–Crippen LogP) is 2.98. The molecule has 0 radical (unpaired) electrons. The second-order valence-electron chi connectivity index (χ2n) is 7.27. The van der Waals surface area contributed by atoms with Gasteiger partial charge in [-0.2, -0.15) is 13.2 Å². The van der Waals surface area contributed by atoms with Crippen LogP contribution in [0.3, 0.4) is 0 Å². The Bertz CT molecular complexity index is 1100. The summed E-state index contributed by atoms with van der Waals surface area (Å²) in [7, 11) is -4.65. The minimum Gasteiger partial charge on any atom is -0.321 e. The van der Waals surface area contributed by atoms with E-state index in [0.717, 1.165) is 47.9 Å². The third kappa shape index (κ3) is 3.51. The molecule has 10 heteroatoms. The number of aryl methyl sites for hydroxylation is 2. The first-order chi connectivity index (χ1) is 13.6. The average Bonchev–Trinajstić information content (AvgIpc) is 3.28. The van der Waals surface area contributed by atoms with Crippen LogP contribution in [0.5, 0.6) is 0 Å². The predicted molar refractivity (Wildman–Crippen MR) is 99.1 cm³/mol. The molecule has 3 N–H and O–H groups in total. The van der Waals surface area contributed by atoms with Crippen molar-refractivity contribution in [2.24, 2.45) is 5.14 Å². The van der Waals surface area contributed by atoms with Gasteiger partial charge in [0.15, 0.2) is 5.03 Å². The second kappa shape index (κ2) is 6.81. The second-order valence-corrected chi connectivity index (χ2v) is 8.75. The molecule has 4 rings (SSSR count). The van der Waals surface area contributed by atoms with Crippen LogP contribution in [0.1, 0.15) is 51.0 Å². The van der Waals surface area contributed by atoms with Crippen molar-refractivity contribution in [3.63, 3.8) is 0 Å².